The van der Waals surface area contributed by atoms with E-state index in [0.29, 0.717) is 158 Å². The highest BCUT2D eigenvalue weighted by Crippen LogP contribution is 2.49. The number of nitrogens with zero attached hydrogens (tertiary/aromatic N) is 6. The highest BCUT2D eigenvalue weighted by molar-refractivity contribution is 6.08. The van der Waals surface area contributed by atoms with Gasteiger partial charge in [-0.25, -0.2) is 29.9 Å². The van der Waals surface area contributed by atoms with Crippen molar-refractivity contribution in [3.63, 3.8) is 0 Å². The van der Waals surface area contributed by atoms with Gasteiger partial charge in [0, 0.05) is 43.8 Å². The lowest BCUT2D eigenvalue weighted by atomic mass is 10.1. The van der Waals surface area contributed by atoms with Crippen molar-refractivity contribution in [1.82, 2.24) is 39.9 Å². The molecule has 16 nitrogen and oxygen atoms in total. The summed E-state index contributed by atoms with van der Waals surface area (Å²) < 4.78 is 54.0. The fourth-order valence-electron chi connectivity index (χ4n) is 11.4. The number of aromatic amines is 2. The average Bonchev–Trinajstić information content (AvgIpc) is 1.61. The molecule has 0 saturated carbocycles. The van der Waals surface area contributed by atoms with E-state index in [2.05, 4.69) is 9.97 Å². The van der Waals surface area contributed by atoms with Crippen LogP contribution in [0.25, 0.3) is 89.7 Å². The molecular weight excluding hydrogens is 1200 g/mol. The first-order valence-corrected chi connectivity index (χ1v) is 30.9. The van der Waals surface area contributed by atoms with Crippen LogP contribution in [0.15, 0.2) is 291 Å². The molecule has 0 spiro atoms. The predicted molar refractivity (Wildman–Crippen MR) is 368 cm³/mol. The molecule has 16 heteroatoms. The zero-order chi connectivity index (χ0) is 63.7. The van der Waals surface area contributed by atoms with Crippen LogP contribution >= 0.6 is 0 Å². The zero-order valence-corrected chi connectivity index (χ0v) is 50.7. The van der Waals surface area contributed by atoms with Crippen molar-refractivity contribution in [2.75, 3.05) is 0 Å². The molecule has 8 bridgehead atoms. The van der Waals surface area contributed by atoms with Gasteiger partial charge in [-0.15, -0.1) is 0 Å². The molecule has 17 rings (SSSR count). The molecular formula is C80H50N8O8. The van der Waals surface area contributed by atoms with E-state index >= 15 is 0 Å². The number of para-hydroxylation sites is 8. The average molecular weight is 1250 g/mol. The van der Waals surface area contributed by atoms with Crippen LogP contribution in [-0.4, -0.2) is 39.9 Å². The minimum absolute atomic E-state index is 0.282. The van der Waals surface area contributed by atoms with Crippen LogP contribution in [0.5, 0.6) is 92.0 Å². The van der Waals surface area contributed by atoms with E-state index in [9.17, 15) is 0 Å². The molecule has 2 aliphatic heterocycles. The van der Waals surface area contributed by atoms with Gasteiger partial charge in [0.2, 0.25) is 0 Å². The van der Waals surface area contributed by atoms with E-state index in [-0.39, 0.29) is 23.3 Å². The summed E-state index contributed by atoms with van der Waals surface area (Å²) in [5.41, 5.74) is 3.80. The topological polar surface area (TPSA) is 183 Å². The number of nitrogens with one attached hydrogen (secondary N) is 2. The van der Waals surface area contributed by atoms with E-state index < -0.39 is 0 Å². The molecule has 0 radical (unpaired) electrons. The zero-order valence-electron chi connectivity index (χ0n) is 50.7. The largest absolute Gasteiger partial charge is 0.453 e. The van der Waals surface area contributed by atoms with Crippen molar-refractivity contribution < 1.29 is 37.9 Å². The van der Waals surface area contributed by atoms with Crippen molar-refractivity contribution in [2.24, 2.45) is 0 Å². The van der Waals surface area contributed by atoms with Crippen molar-refractivity contribution in [1.29, 1.82) is 0 Å². The molecule has 96 heavy (non-hydrogen) atoms. The smallest absolute Gasteiger partial charge is 0.170 e. The molecule has 5 heterocycles. The van der Waals surface area contributed by atoms with Gasteiger partial charge in [0.05, 0.1) is 0 Å². The van der Waals surface area contributed by atoms with Crippen LogP contribution in [0.3, 0.4) is 0 Å². The van der Waals surface area contributed by atoms with Gasteiger partial charge in [0.15, 0.2) is 69.3 Å². The summed E-state index contributed by atoms with van der Waals surface area (Å²) in [6, 6.07) is 91.2. The minimum Gasteiger partial charge on any atom is -0.453 e. The molecule has 0 amide bonds. The summed E-state index contributed by atoms with van der Waals surface area (Å²) in [6.07, 6.45) is 0. The van der Waals surface area contributed by atoms with Crippen molar-refractivity contribution in [2.45, 2.75) is 0 Å². The Bertz CT molecular complexity index is 4900. The molecule has 0 atom stereocenters. The Morgan fingerprint density at radius 2 is 0.333 bits per heavy atom. The lowest BCUT2D eigenvalue weighted by molar-refractivity contribution is 0.419. The van der Waals surface area contributed by atoms with Crippen molar-refractivity contribution in [3.8, 4) is 138 Å². The Kier molecular flexibility index (Phi) is 14.4. The third-order valence-corrected chi connectivity index (χ3v) is 15.9. The number of hydrogen-bond acceptors (Lipinski definition) is 14. The molecule has 3 aromatic heterocycles. The lowest BCUT2D eigenvalue weighted by Crippen LogP contribution is -1.93. The molecule has 12 aromatic carbocycles. The Morgan fingerprint density at radius 3 is 0.500 bits per heavy atom. The normalized spacial score (nSPS) is 11.3. The second-order valence-corrected chi connectivity index (χ2v) is 22.3. The molecule has 2 N–H and O–H groups in total. The molecule has 15 aromatic rings. The maximum Gasteiger partial charge on any atom is 0.170 e. The summed E-state index contributed by atoms with van der Waals surface area (Å²) >= 11 is 0. The maximum absolute atomic E-state index is 6.75. The molecule has 458 valence electrons. The van der Waals surface area contributed by atoms with Crippen LogP contribution in [0.4, 0.5) is 0 Å². The first-order valence-electron chi connectivity index (χ1n) is 30.9. The summed E-state index contributed by atoms with van der Waals surface area (Å²) in [6.45, 7) is 0. The first kappa shape index (κ1) is 56.4. The highest BCUT2D eigenvalue weighted by Gasteiger charge is 2.29. The number of rotatable bonds is 16. The van der Waals surface area contributed by atoms with Gasteiger partial charge in [-0.3, -0.25) is 0 Å². The lowest BCUT2D eigenvalue weighted by Gasteiger charge is -2.14. The number of hydrogen-bond donors (Lipinski definition) is 2. The molecule has 0 aliphatic carbocycles. The van der Waals surface area contributed by atoms with Gasteiger partial charge in [0.25, 0.3) is 0 Å². The van der Waals surface area contributed by atoms with Crippen molar-refractivity contribution >= 4 is 44.1 Å². The first-order chi connectivity index (χ1) is 47.5. The quantitative estimate of drug-likeness (QED) is 0.0932. The van der Waals surface area contributed by atoms with E-state index in [4.69, 9.17) is 67.8 Å². The standard InChI is InChI=1S/C80H50N8O8/c1-9-25-49(26-10-1)89-65-41-57-58(42-66(65)90-50-27-11-2-12-28-50)74-81-73(57)85-75-59-43-67(91-51-29-13-3-14-30-51)68(92-52-31-15-4-16-32-52)44-60(59)77(82-75)87-79-63-47-71(95-55-37-21-7-22-38-55)72(96-56-39-23-8-24-40-56)48-64(63)80(84-79)88-78-62-46-70(94-54-35-19-6-20-36-54)69(45-61(62)76(83-78)86-74)93-53-33-17-5-18-34-53/h1-48H,(H2,81,82,83,84,85,86,87,88). The van der Waals surface area contributed by atoms with E-state index in [1.165, 1.54) is 0 Å². The summed E-state index contributed by atoms with van der Waals surface area (Å²) in [7, 11) is 0. The summed E-state index contributed by atoms with van der Waals surface area (Å²) in [5, 5.41) is 2.43. The fraction of sp³-hybridized carbons (Fsp3) is 0. The van der Waals surface area contributed by atoms with Crippen molar-refractivity contribution in [3.05, 3.63) is 291 Å². The number of benzene rings is 12. The van der Waals surface area contributed by atoms with Gasteiger partial charge >= 0.3 is 0 Å². The van der Waals surface area contributed by atoms with Crippen LogP contribution in [-0.2, 0) is 0 Å². The third kappa shape index (κ3) is 11.5. The fourth-order valence-corrected chi connectivity index (χ4v) is 11.4. The summed E-state index contributed by atoms with van der Waals surface area (Å²) in [4.78, 5) is 40.0. The van der Waals surface area contributed by atoms with E-state index in [1.54, 1.807) is 0 Å². The number of fused-ring (bicyclic) bond motifs is 20. The van der Waals surface area contributed by atoms with E-state index in [0.717, 1.165) is 0 Å². The van der Waals surface area contributed by atoms with Gasteiger partial charge < -0.3 is 47.9 Å². The third-order valence-electron chi connectivity index (χ3n) is 15.9. The Hall–Kier alpha value is -13.6. The Balaban J connectivity index is 0.987. The van der Waals surface area contributed by atoms with Gasteiger partial charge in [0.1, 0.15) is 68.6 Å². The maximum atomic E-state index is 6.75. The van der Waals surface area contributed by atoms with Crippen LogP contribution in [0.1, 0.15) is 0 Å². The van der Waals surface area contributed by atoms with Crippen LogP contribution < -0.4 is 37.9 Å². The number of aromatic nitrogens is 8. The number of H-pyrrole nitrogens is 2. The minimum atomic E-state index is 0.282. The van der Waals surface area contributed by atoms with Crippen LogP contribution in [0.2, 0.25) is 0 Å². The number of ether oxygens (including phenoxy) is 8. The molecule has 2 aliphatic rings. The second kappa shape index (κ2) is 24.6. The van der Waals surface area contributed by atoms with Gasteiger partial charge in [-0.2, -0.15) is 0 Å². The monoisotopic (exact) mass is 1250 g/mol. The van der Waals surface area contributed by atoms with Crippen LogP contribution in [0, 0.1) is 0 Å². The Morgan fingerprint density at radius 1 is 0.177 bits per heavy atom. The second-order valence-electron chi connectivity index (χ2n) is 22.3. The molecule has 0 saturated heterocycles. The molecule has 0 fully saturated rings. The van der Waals surface area contributed by atoms with E-state index in [1.807, 2.05) is 291 Å². The summed E-state index contributed by atoms with van der Waals surface area (Å²) in [5.74, 6) is 8.96. The van der Waals surface area contributed by atoms with Gasteiger partial charge in [-0.1, -0.05) is 146 Å². The Labute approximate surface area is 547 Å². The van der Waals surface area contributed by atoms with Gasteiger partial charge in [-0.05, 0) is 146 Å². The molecule has 0 unspecified atom stereocenters. The SMILES string of the molecule is c1ccc(Oc2cc3c(cc2Oc2ccccc2)-c2nc-3nc3[nH]c(nc4nc(nc5[nH]c(n2)c2cc(Oc6ccccc6)c(Oc6ccccc6)cc52)-c2cc(Oc5ccccc5)c(Oc5ccccc5)cc2-4)c2cc(Oc4ccccc4)c(Oc4ccccc4)cc32)cc1. The predicted octanol–water partition coefficient (Wildman–Crippen LogP) is 21.2. The highest BCUT2D eigenvalue weighted by atomic mass is 16.5.